The Bertz CT molecular complexity index is 338. The van der Waals surface area contributed by atoms with Gasteiger partial charge in [0.05, 0.1) is 6.61 Å². The number of rotatable bonds is 3. The molecule has 0 aromatic carbocycles. The van der Waals surface area contributed by atoms with E-state index >= 15 is 0 Å². The lowest BCUT2D eigenvalue weighted by molar-refractivity contribution is -0.263. The highest BCUT2D eigenvalue weighted by Crippen LogP contribution is 2.47. The summed E-state index contributed by atoms with van der Waals surface area (Å²) in [7, 11) is 1.59. The van der Waals surface area contributed by atoms with E-state index in [-0.39, 0.29) is 24.4 Å². The maximum absolute atomic E-state index is 5.92. The van der Waals surface area contributed by atoms with Crippen molar-refractivity contribution in [1.82, 2.24) is 0 Å². The highest BCUT2D eigenvalue weighted by molar-refractivity contribution is 5.12. The maximum Gasteiger partial charge on any atom is 0.217 e. The van der Waals surface area contributed by atoms with Crippen LogP contribution >= 0.6 is 0 Å². The second-order valence-electron chi connectivity index (χ2n) is 5.10. The molecule has 0 radical (unpaired) electrons. The topological polar surface area (TPSA) is 49.5 Å². The first-order valence-corrected chi connectivity index (χ1v) is 5.85. The van der Waals surface area contributed by atoms with Crippen molar-refractivity contribution >= 4 is 0 Å². The van der Waals surface area contributed by atoms with E-state index in [1.807, 2.05) is 13.8 Å². The fraction of sp³-hybridized carbons (Fsp3) is 0.833. The third-order valence-electron chi connectivity index (χ3n) is 3.50. The van der Waals surface area contributed by atoms with Crippen LogP contribution in [0.2, 0.25) is 0 Å². The molecule has 3 aliphatic heterocycles. The summed E-state index contributed by atoms with van der Waals surface area (Å²) in [6, 6.07) is 0. The molecular formula is C12H18O5. The molecular weight excluding hydrogens is 224 g/mol. The predicted octanol–water partition coefficient (Wildman–Crippen LogP) is 0.833. The van der Waals surface area contributed by atoms with Crippen molar-refractivity contribution in [3.63, 3.8) is 0 Å². The smallest absolute Gasteiger partial charge is 0.217 e. The van der Waals surface area contributed by atoms with Crippen LogP contribution in [-0.4, -0.2) is 49.7 Å². The molecule has 3 saturated heterocycles. The Kier molecular flexibility index (Phi) is 2.41. The monoisotopic (exact) mass is 242 g/mol. The van der Waals surface area contributed by atoms with E-state index in [4.69, 9.17) is 23.7 Å². The molecule has 0 aromatic rings. The van der Waals surface area contributed by atoms with Crippen molar-refractivity contribution in [1.29, 1.82) is 0 Å². The Balaban J connectivity index is 1.91. The maximum atomic E-state index is 5.92. The average Bonchev–Trinajstić information content (AvgIpc) is 3.01. The predicted molar refractivity (Wildman–Crippen MR) is 58.4 cm³/mol. The van der Waals surface area contributed by atoms with E-state index < -0.39 is 11.6 Å². The molecule has 5 heteroatoms. The van der Waals surface area contributed by atoms with Gasteiger partial charge in [0.25, 0.3) is 0 Å². The van der Waals surface area contributed by atoms with E-state index in [2.05, 4.69) is 6.58 Å². The molecule has 3 fully saturated rings. The molecule has 5 atom stereocenters. The SMILES string of the molecule is C=C[C@]1(OC)O[C@H]([C@H]2CO2)[C@@H]2OC(C)(C)O[C@@H]21. The minimum absolute atomic E-state index is 0.0805. The van der Waals surface area contributed by atoms with Gasteiger partial charge in [-0.2, -0.15) is 0 Å². The summed E-state index contributed by atoms with van der Waals surface area (Å²) < 4.78 is 28.4. The molecule has 0 saturated carbocycles. The van der Waals surface area contributed by atoms with Gasteiger partial charge in [0, 0.05) is 7.11 Å². The largest absolute Gasteiger partial charge is 0.370 e. The van der Waals surface area contributed by atoms with Crippen LogP contribution in [0, 0.1) is 0 Å². The van der Waals surface area contributed by atoms with Gasteiger partial charge in [0.2, 0.25) is 5.79 Å². The van der Waals surface area contributed by atoms with Gasteiger partial charge in [0.1, 0.15) is 24.4 Å². The van der Waals surface area contributed by atoms with Gasteiger partial charge in [-0.05, 0) is 19.9 Å². The van der Waals surface area contributed by atoms with Crippen molar-refractivity contribution in [3.05, 3.63) is 12.7 Å². The molecule has 5 nitrogen and oxygen atoms in total. The molecule has 0 aliphatic carbocycles. The summed E-state index contributed by atoms with van der Waals surface area (Å²) in [6.07, 6.45) is 1.10. The molecule has 3 rings (SSSR count). The van der Waals surface area contributed by atoms with Crippen molar-refractivity contribution < 1.29 is 23.7 Å². The zero-order valence-electron chi connectivity index (χ0n) is 10.3. The van der Waals surface area contributed by atoms with Gasteiger partial charge in [-0.25, -0.2) is 0 Å². The van der Waals surface area contributed by atoms with E-state index in [1.165, 1.54) is 0 Å². The van der Waals surface area contributed by atoms with E-state index in [0.29, 0.717) is 6.61 Å². The number of epoxide rings is 1. The first-order valence-electron chi connectivity index (χ1n) is 5.85. The molecule has 3 aliphatic rings. The summed E-state index contributed by atoms with van der Waals surface area (Å²) >= 11 is 0. The number of hydrogen-bond donors (Lipinski definition) is 0. The molecule has 0 aromatic heterocycles. The molecule has 3 heterocycles. The second-order valence-corrected chi connectivity index (χ2v) is 5.10. The van der Waals surface area contributed by atoms with Crippen LogP contribution in [0.4, 0.5) is 0 Å². The fourth-order valence-corrected chi connectivity index (χ4v) is 2.63. The second kappa shape index (κ2) is 3.52. The van der Waals surface area contributed by atoms with Crippen LogP contribution in [0.1, 0.15) is 13.8 Å². The molecule has 17 heavy (non-hydrogen) atoms. The normalized spacial score (nSPS) is 51.2. The first-order chi connectivity index (χ1) is 8.01. The van der Waals surface area contributed by atoms with Crippen LogP contribution in [0.15, 0.2) is 12.7 Å². The number of methoxy groups -OCH3 is 1. The third-order valence-corrected chi connectivity index (χ3v) is 3.50. The lowest BCUT2D eigenvalue weighted by Crippen LogP contribution is -2.43. The van der Waals surface area contributed by atoms with Gasteiger partial charge >= 0.3 is 0 Å². The van der Waals surface area contributed by atoms with Crippen LogP contribution in [0.5, 0.6) is 0 Å². The zero-order valence-corrected chi connectivity index (χ0v) is 10.3. The van der Waals surface area contributed by atoms with Crippen molar-refractivity contribution in [2.45, 2.75) is 49.8 Å². The Labute approximate surface area is 101 Å². The molecule has 0 spiro atoms. The molecule has 96 valence electrons. The van der Waals surface area contributed by atoms with E-state index in [0.717, 1.165) is 0 Å². The van der Waals surface area contributed by atoms with Gasteiger partial charge in [-0.3, -0.25) is 0 Å². The van der Waals surface area contributed by atoms with Crippen LogP contribution in [0.25, 0.3) is 0 Å². The van der Waals surface area contributed by atoms with Crippen molar-refractivity contribution in [2.24, 2.45) is 0 Å². The average molecular weight is 242 g/mol. The van der Waals surface area contributed by atoms with Gasteiger partial charge in [-0.15, -0.1) is 0 Å². The van der Waals surface area contributed by atoms with Crippen molar-refractivity contribution in [3.8, 4) is 0 Å². The zero-order chi connectivity index (χ0) is 12.3. The Morgan fingerprint density at radius 2 is 1.94 bits per heavy atom. The van der Waals surface area contributed by atoms with Gasteiger partial charge < -0.3 is 23.7 Å². The van der Waals surface area contributed by atoms with Crippen molar-refractivity contribution in [2.75, 3.05) is 13.7 Å². The fourth-order valence-electron chi connectivity index (χ4n) is 2.63. The summed E-state index contributed by atoms with van der Waals surface area (Å²) in [5, 5.41) is 0. The highest BCUT2D eigenvalue weighted by atomic mass is 16.8. The summed E-state index contributed by atoms with van der Waals surface area (Å²) in [5.41, 5.74) is 0. The summed E-state index contributed by atoms with van der Waals surface area (Å²) in [4.78, 5) is 0. The van der Waals surface area contributed by atoms with Crippen LogP contribution in [0.3, 0.4) is 0 Å². The third kappa shape index (κ3) is 1.65. The molecule has 0 unspecified atom stereocenters. The lowest BCUT2D eigenvalue weighted by atomic mass is 10.0. The Morgan fingerprint density at radius 1 is 1.24 bits per heavy atom. The molecule has 0 bridgehead atoms. The van der Waals surface area contributed by atoms with Crippen LogP contribution in [-0.2, 0) is 23.7 Å². The van der Waals surface area contributed by atoms with E-state index in [9.17, 15) is 0 Å². The number of fused-ring (bicyclic) bond motifs is 1. The Morgan fingerprint density at radius 3 is 2.47 bits per heavy atom. The quantitative estimate of drug-likeness (QED) is 0.542. The lowest BCUT2D eigenvalue weighted by Gasteiger charge is -2.30. The number of hydrogen-bond acceptors (Lipinski definition) is 5. The Hall–Kier alpha value is -0.460. The summed E-state index contributed by atoms with van der Waals surface area (Å²) in [5.74, 6) is -1.56. The minimum Gasteiger partial charge on any atom is -0.370 e. The highest BCUT2D eigenvalue weighted by Gasteiger charge is 2.65. The standard InChI is InChI=1S/C12H18O5/c1-5-12(13-4)10-9(15-11(2,3)17-10)8(16-12)7-6-14-7/h5,7-10H,1,6H2,2-4H3/t7-,8-,9+,10+,12+/m1/s1. The molecule has 0 N–H and O–H groups in total. The van der Waals surface area contributed by atoms with Gasteiger partial charge in [0.15, 0.2) is 5.79 Å². The molecule has 0 amide bonds. The van der Waals surface area contributed by atoms with Gasteiger partial charge in [-0.1, -0.05) is 6.58 Å². The summed E-state index contributed by atoms with van der Waals surface area (Å²) in [6.45, 7) is 8.26. The van der Waals surface area contributed by atoms with E-state index in [1.54, 1.807) is 13.2 Å². The first kappa shape index (κ1) is 11.6. The number of ether oxygens (including phenoxy) is 5. The minimum atomic E-state index is -0.935. The van der Waals surface area contributed by atoms with Crippen LogP contribution < -0.4 is 0 Å².